The Balaban J connectivity index is 2.10. The molecule has 0 aromatic carbocycles. The number of aliphatic hydroxyl groups excluding tert-OH is 1. The molecule has 1 aliphatic heterocycles. The molecule has 0 aromatic heterocycles. The molecular weight excluding hydrogens is 188 g/mol. The lowest BCUT2D eigenvalue weighted by atomic mass is 9.64. The Hall–Kier alpha value is -0.220. The lowest BCUT2D eigenvalue weighted by Crippen LogP contribution is -2.52. The summed E-state index contributed by atoms with van der Waals surface area (Å²) in [4.78, 5) is 11.1. The lowest BCUT2D eigenvalue weighted by Gasteiger charge is -2.45. The highest BCUT2D eigenvalue weighted by molar-refractivity contribution is 8.00. The van der Waals surface area contributed by atoms with Gasteiger partial charge in [0.1, 0.15) is 0 Å². The van der Waals surface area contributed by atoms with Crippen molar-refractivity contribution in [3.8, 4) is 0 Å². The van der Waals surface area contributed by atoms with E-state index in [2.05, 4.69) is 0 Å². The van der Waals surface area contributed by atoms with Crippen LogP contribution >= 0.6 is 11.8 Å². The molecule has 0 radical (unpaired) electrons. The Morgan fingerprint density at radius 2 is 2.15 bits per heavy atom. The molecule has 74 valence electrons. The first-order valence-electron chi connectivity index (χ1n) is 4.68. The van der Waals surface area contributed by atoms with Crippen LogP contribution in [0.4, 0.5) is 0 Å². The number of carboxylic acid groups (broad SMARTS) is 1. The summed E-state index contributed by atoms with van der Waals surface area (Å²) in [6.07, 6.45) is 2.67. The number of rotatable bonds is 2. The maximum Gasteiger partial charge on any atom is 0.310 e. The number of carboxylic acids is 1. The van der Waals surface area contributed by atoms with Crippen LogP contribution in [0.15, 0.2) is 0 Å². The molecule has 2 N–H and O–H groups in total. The zero-order valence-electron chi connectivity index (χ0n) is 7.40. The van der Waals surface area contributed by atoms with Gasteiger partial charge in [0.15, 0.2) is 0 Å². The molecule has 2 rings (SSSR count). The molecule has 1 heterocycles. The van der Waals surface area contributed by atoms with Gasteiger partial charge in [-0.3, -0.25) is 4.79 Å². The van der Waals surface area contributed by atoms with Crippen LogP contribution in [0.2, 0.25) is 0 Å². The molecule has 1 aliphatic carbocycles. The molecule has 0 bridgehead atoms. The molecular formula is C9H14O3S. The monoisotopic (exact) mass is 202 g/mol. The van der Waals surface area contributed by atoms with Crippen molar-refractivity contribution in [3.05, 3.63) is 0 Å². The fourth-order valence-electron chi connectivity index (χ4n) is 2.37. The van der Waals surface area contributed by atoms with E-state index in [4.69, 9.17) is 5.11 Å². The minimum atomic E-state index is -0.711. The number of carbonyl (C=O) groups is 1. The molecule has 0 amide bonds. The third-order valence-corrected chi connectivity index (χ3v) is 4.79. The number of hydrogen-bond acceptors (Lipinski definition) is 3. The summed E-state index contributed by atoms with van der Waals surface area (Å²) in [6, 6.07) is 0. The summed E-state index contributed by atoms with van der Waals surface area (Å²) in [6.45, 7) is 0. The first kappa shape index (κ1) is 9.34. The third kappa shape index (κ3) is 1.36. The number of hydrogen-bond donors (Lipinski definition) is 2. The second kappa shape index (κ2) is 3.17. The van der Waals surface area contributed by atoms with Crippen LogP contribution in [0.1, 0.15) is 25.7 Å². The van der Waals surface area contributed by atoms with Crippen molar-refractivity contribution in [2.24, 2.45) is 5.41 Å². The Morgan fingerprint density at radius 3 is 2.54 bits per heavy atom. The molecule has 2 aliphatic rings. The Bertz CT molecular complexity index is 217. The number of aliphatic carboxylic acids is 1. The summed E-state index contributed by atoms with van der Waals surface area (Å²) < 4.78 is 0. The molecule has 4 heteroatoms. The van der Waals surface area contributed by atoms with Gasteiger partial charge in [-0.05, 0) is 31.4 Å². The molecule has 13 heavy (non-hydrogen) atoms. The quantitative estimate of drug-likeness (QED) is 0.704. The van der Waals surface area contributed by atoms with E-state index in [1.165, 1.54) is 0 Å². The van der Waals surface area contributed by atoms with E-state index < -0.39 is 11.4 Å². The van der Waals surface area contributed by atoms with Crippen molar-refractivity contribution in [3.63, 3.8) is 0 Å². The van der Waals surface area contributed by atoms with Crippen LogP contribution in [-0.4, -0.2) is 33.3 Å². The third-order valence-electron chi connectivity index (χ3n) is 3.17. The van der Waals surface area contributed by atoms with Crippen molar-refractivity contribution in [2.45, 2.75) is 37.0 Å². The summed E-state index contributed by atoms with van der Waals surface area (Å²) in [5.41, 5.74) is -0.597. The second-order valence-corrected chi connectivity index (χ2v) is 5.34. The number of thioether (sulfide) groups is 1. The van der Waals surface area contributed by atoms with E-state index in [1.54, 1.807) is 11.8 Å². The topological polar surface area (TPSA) is 57.5 Å². The Kier molecular flexibility index (Phi) is 2.28. The van der Waals surface area contributed by atoms with Crippen LogP contribution in [-0.2, 0) is 4.79 Å². The fourth-order valence-corrected chi connectivity index (χ4v) is 3.93. The van der Waals surface area contributed by atoms with E-state index in [1.807, 2.05) is 0 Å². The van der Waals surface area contributed by atoms with Gasteiger partial charge < -0.3 is 10.2 Å². The molecule has 0 spiro atoms. The van der Waals surface area contributed by atoms with E-state index in [9.17, 15) is 9.90 Å². The summed E-state index contributed by atoms with van der Waals surface area (Å²) in [5.74, 6) is 0.368. The van der Waals surface area contributed by atoms with Crippen LogP contribution < -0.4 is 0 Å². The number of aliphatic hydroxyl groups is 1. The van der Waals surface area contributed by atoms with Gasteiger partial charge >= 0.3 is 5.97 Å². The Labute approximate surface area is 81.5 Å². The van der Waals surface area contributed by atoms with Gasteiger partial charge in [-0.1, -0.05) is 0 Å². The van der Waals surface area contributed by atoms with Gasteiger partial charge in [-0.15, -0.1) is 0 Å². The highest BCUT2D eigenvalue weighted by Crippen LogP contribution is 2.52. The predicted octanol–water partition coefficient (Wildman–Crippen LogP) is 1.11. The van der Waals surface area contributed by atoms with Crippen LogP contribution in [0.3, 0.4) is 0 Å². The zero-order chi connectivity index (χ0) is 9.47. The first-order chi connectivity index (χ1) is 6.15. The van der Waals surface area contributed by atoms with Gasteiger partial charge in [-0.25, -0.2) is 0 Å². The zero-order valence-corrected chi connectivity index (χ0v) is 8.22. The summed E-state index contributed by atoms with van der Waals surface area (Å²) in [5, 5.41) is 18.6. The smallest absolute Gasteiger partial charge is 0.310 e. The van der Waals surface area contributed by atoms with E-state index in [0.29, 0.717) is 12.8 Å². The van der Waals surface area contributed by atoms with Crippen molar-refractivity contribution in [1.29, 1.82) is 0 Å². The molecule has 0 aromatic rings. The van der Waals surface area contributed by atoms with Gasteiger partial charge in [0.05, 0.1) is 11.5 Å². The van der Waals surface area contributed by atoms with Gasteiger partial charge in [-0.2, -0.15) is 11.8 Å². The maximum atomic E-state index is 11.1. The molecule has 1 saturated heterocycles. The van der Waals surface area contributed by atoms with Crippen molar-refractivity contribution in [2.75, 3.05) is 5.75 Å². The molecule has 2 fully saturated rings. The lowest BCUT2D eigenvalue weighted by molar-refractivity contribution is -0.163. The molecule has 3 nitrogen and oxygen atoms in total. The molecule has 1 atom stereocenters. The minimum absolute atomic E-state index is 0.244. The second-order valence-electron chi connectivity index (χ2n) is 4.03. The summed E-state index contributed by atoms with van der Waals surface area (Å²) >= 11 is 1.76. The van der Waals surface area contributed by atoms with Crippen molar-refractivity contribution < 1.29 is 15.0 Å². The van der Waals surface area contributed by atoms with Crippen LogP contribution in [0.5, 0.6) is 0 Å². The van der Waals surface area contributed by atoms with Gasteiger partial charge in [0.2, 0.25) is 0 Å². The van der Waals surface area contributed by atoms with Crippen LogP contribution in [0, 0.1) is 5.41 Å². The predicted molar refractivity (Wildman–Crippen MR) is 50.8 cm³/mol. The normalized spacial score (nSPS) is 44.4. The minimum Gasteiger partial charge on any atom is -0.481 e. The highest BCUT2D eigenvalue weighted by Gasteiger charge is 2.55. The molecule has 1 saturated carbocycles. The largest absolute Gasteiger partial charge is 0.481 e. The van der Waals surface area contributed by atoms with Crippen molar-refractivity contribution >= 4 is 17.7 Å². The first-order valence-corrected chi connectivity index (χ1v) is 5.73. The average molecular weight is 202 g/mol. The molecule has 1 unspecified atom stereocenters. The van der Waals surface area contributed by atoms with Gasteiger partial charge in [0.25, 0.3) is 0 Å². The van der Waals surface area contributed by atoms with Crippen molar-refractivity contribution in [1.82, 2.24) is 0 Å². The average Bonchev–Trinajstić information content (AvgIpc) is 2.49. The Morgan fingerprint density at radius 1 is 1.46 bits per heavy atom. The van der Waals surface area contributed by atoms with E-state index in [-0.39, 0.29) is 11.4 Å². The van der Waals surface area contributed by atoms with E-state index in [0.717, 1.165) is 18.6 Å². The standard InChI is InChI=1S/C9H14O3S/c10-6-4-9(5-6,8(11)12)7-2-1-3-13-7/h6-7,10H,1-5H2,(H,11,12). The van der Waals surface area contributed by atoms with Crippen LogP contribution in [0.25, 0.3) is 0 Å². The highest BCUT2D eigenvalue weighted by atomic mass is 32.2. The fraction of sp³-hybridized carbons (Fsp3) is 0.889. The summed E-state index contributed by atoms with van der Waals surface area (Å²) in [7, 11) is 0. The maximum absolute atomic E-state index is 11.1. The van der Waals surface area contributed by atoms with E-state index >= 15 is 0 Å². The van der Waals surface area contributed by atoms with Gasteiger partial charge in [0, 0.05) is 5.25 Å². The SMILES string of the molecule is O=C(O)C1(C2CCCS2)CC(O)C1.